The summed E-state index contributed by atoms with van der Waals surface area (Å²) in [5.41, 5.74) is 1.34. The van der Waals surface area contributed by atoms with Crippen LogP contribution in [0.2, 0.25) is 0 Å². The second-order valence-electron chi connectivity index (χ2n) is 6.25. The van der Waals surface area contributed by atoms with Crippen molar-refractivity contribution in [2.24, 2.45) is 5.92 Å². The number of aliphatic hydroxyl groups is 1. The summed E-state index contributed by atoms with van der Waals surface area (Å²) in [7, 11) is 0. The zero-order chi connectivity index (χ0) is 17.7. The van der Waals surface area contributed by atoms with Gasteiger partial charge in [-0.3, -0.25) is 4.79 Å². The lowest BCUT2D eigenvalue weighted by atomic mass is 9.99. The normalized spacial score (nSPS) is 13.8. The SMILES string of the molecule is CC[C@H](C)[C@H](CO)NC(=O)c1ccc(-c2nnn(C(C)C)n2)cc1. The van der Waals surface area contributed by atoms with Gasteiger partial charge in [-0.05, 0) is 37.1 Å². The number of hydrogen-bond donors (Lipinski definition) is 2. The van der Waals surface area contributed by atoms with Crippen LogP contribution in [0.25, 0.3) is 11.4 Å². The summed E-state index contributed by atoms with van der Waals surface area (Å²) < 4.78 is 0. The summed E-state index contributed by atoms with van der Waals surface area (Å²) >= 11 is 0. The number of carbonyl (C=O) groups excluding carboxylic acids is 1. The third-order valence-corrected chi connectivity index (χ3v) is 4.14. The van der Waals surface area contributed by atoms with Crippen LogP contribution in [0.3, 0.4) is 0 Å². The maximum absolute atomic E-state index is 12.3. The number of carbonyl (C=O) groups is 1. The molecule has 0 aliphatic heterocycles. The monoisotopic (exact) mass is 331 g/mol. The zero-order valence-corrected chi connectivity index (χ0v) is 14.6. The van der Waals surface area contributed by atoms with Gasteiger partial charge in [-0.15, -0.1) is 10.2 Å². The van der Waals surface area contributed by atoms with Crippen molar-refractivity contribution in [2.45, 2.75) is 46.2 Å². The van der Waals surface area contributed by atoms with Crippen LogP contribution >= 0.6 is 0 Å². The lowest BCUT2D eigenvalue weighted by molar-refractivity contribution is 0.0891. The highest BCUT2D eigenvalue weighted by Gasteiger charge is 2.18. The molecule has 1 aromatic heterocycles. The highest BCUT2D eigenvalue weighted by Crippen LogP contribution is 2.16. The first-order valence-corrected chi connectivity index (χ1v) is 8.27. The molecule has 0 fully saturated rings. The maximum Gasteiger partial charge on any atom is 0.251 e. The molecule has 0 spiro atoms. The number of hydrogen-bond acceptors (Lipinski definition) is 5. The Bertz CT molecular complexity index is 666. The van der Waals surface area contributed by atoms with Crippen LogP contribution in [0, 0.1) is 5.92 Å². The van der Waals surface area contributed by atoms with E-state index < -0.39 is 0 Å². The Hall–Kier alpha value is -2.28. The fraction of sp³-hybridized carbons (Fsp3) is 0.529. The summed E-state index contributed by atoms with van der Waals surface area (Å²) in [4.78, 5) is 13.9. The van der Waals surface area contributed by atoms with Gasteiger partial charge in [0.2, 0.25) is 5.82 Å². The van der Waals surface area contributed by atoms with E-state index in [0.29, 0.717) is 11.4 Å². The van der Waals surface area contributed by atoms with Crippen LogP contribution < -0.4 is 5.32 Å². The van der Waals surface area contributed by atoms with E-state index in [1.165, 1.54) is 0 Å². The van der Waals surface area contributed by atoms with Crippen molar-refractivity contribution in [2.75, 3.05) is 6.61 Å². The van der Waals surface area contributed by atoms with Gasteiger partial charge in [-0.2, -0.15) is 4.80 Å². The zero-order valence-electron chi connectivity index (χ0n) is 14.6. The van der Waals surface area contributed by atoms with Gasteiger partial charge in [0.1, 0.15) is 0 Å². The maximum atomic E-state index is 12.3. The number of aliphatic hydroxyl groups excluding tert-OH is 1. The minimum absolute atomic E-state index is 0.0684. The van der Waals surface area contributed by atoms with Crippen molar-refractivity contribution in [3.05, 3.63) is 29.8 Å². The van der Waals surface area contributed by atoms with Gasteiger partial charge >= 0.3 is 0 Å². The summed E-state index contributed by atoms with van der Waals surface area (Å²) in [6, 6.07) is 6.96. The molecule has 0 radical (unpaired) electrons. The molecule has 2 aromatic rings. The standard InChI is InChI=1S/C17H25N5O2/c1-5-12(4)15(10-23)18-17(24)14-8-6-13(7-9-14)16-19-21-22(20-16)11(2)3/h6-9,11-12,15,23H,5,10H2,1-4H3,(H,18,24)/t12-,15-/m0/s1. The molecule has 1 aromatic carbocycles. The quantitative estimate of drug-likeness (QED) is 0.810. The molecule has 0 bridgehead atoms. The summed E-state index contributed by atoms with van der Waals surface area (Å²) in [5, 5.41) is 24.6. The Kier molecular flexibility index (Phi) is 6.03. The molecular weight excluding hydrogens is 306 g/mol. The second-order valence-corrected chi connectivity index (χ2v) is 6.25. The molecule has 0 aliphatic carbocycles. The van der Waals surface area contributed by atoms with Gasteiger partial charge in [-0.1, -0.05) is 32.4 Å². The molecule has 0 unspecified atom stereocenters. The number of rotatable bonds is 7. The van der Waals surface area contributed by atoms with E-state index in [4.69, 9.17) is 0 Å². The Morgan fingerprint density at radius 1 is 1.25 bits per heavy atom. The Morgan fingerprint density at radius 2 is 1.92 bits per heavy atom. The van der Waals surface area contributed by atoms with Crippen molar-refractivity contribution >= 4 is 5.91 Å². The molecule has 0 saturated heterocycles. The van der Waals surface area contributed by atoms with Crippen LogP contribution in [0.4, 0.5) is 0 Å². The van der Waals surface area contributed by atoms with Gasteiger partial charge in [0.15, 0.2) is 0 Å². The van der Waals surface area contributed by atoms with Gasteiger partial charge in [0, 0.05) is 11.1 Å². The number of aromatic nitrogens is 4. The van der Waals surface area contributed by atoms with Crippen LogP contribution in [0.15, 0.2) is 24.3 Å². The van der Waals surface area contributed by atoms with E-state index in [0.717, 1.165) is 12.0 Å². The minimum Gasteiger partial charge on any atom is -0.394 e. The first kappa shape index (κ1) is 18.1. The molecule has 130 valence electrons. The van der Waals surface area contributed by atoms with Crippen LogP contribution in [-0.2, 0) is 0 Å². The molecule has 7 nitrogen and oxygen atoms in total. The Morgan fingerprint density at radius 3 is 2.42 bits per heavy atom. The number of amides is 1. The average molecular weight is 331 g/mol. The first-order chi connectivity index (χ1) is 11.5. The highest BCUT2D eigenvalue weighted by atomic mass is 16.3. The number of nitrogens with zero attached hydrogens (tertiary/aromatic N) is 4. The fourth-order valence-corrected chi connectivity index (χ4v) is 2.23. The molecule has 2 atom stereocenters. The fourth-order valence-electron chi connectivity index (χ4n) is 2.23. The first-order valence-electron chi connectivity index (χ1n) is 8.27. The number of tetrazole rings is 1. The Labute approximate surface area is 142 Å². The van der Waals surface area contributed by atoms with E-state index >= 15 is 0 Å². The van der Waals surface area contributed by atoms with Crippen molar-refractivity contribution < 1.29 is 9.90 Å². The van der Waals surface area contributed by atoms with Crippen LogP contribution in [0.5, 0.6) is 0 Å². The molecule has 0 aliphatic rings. The number of nitrogens with one attached hydrogen (secondary N) is 1. The third kappa shape index (κ3) is 4.17. The van der Waals surface area contributed by atoms with Crippen molar-refractivity contribution in [3.8, 4) is 11.4 Å². The molecule has 24 heavy (non-hydrogen) atoms. The van der Waals surface area contributed by atoms with Gasteiger partial charge < -0.3 is 10.4 Å². The van der Waals surface area contributed by atoms with Gasteiger partial charge in [-0.25, -0.2) is 0 Å². The molecule has 1 amide bonds. The van der Waals surface area contributed by atoms with E-state index in [2.05, 4.69) is 20.7 Å². The predicted molar refractivity (Wildman–Crippen MR) is 91.4 cm³/mol. The third-order valence-electron chi connectivity index (χ3n) is 4.14. The molecule has 2 rings (SSSR count). The number of benzene rings is 1. The van der Waals surface area contributed by atoms with E-state index in [1.54, 1.807) is 29.1 Å². The van der Waals surface area contributed by atoms with Crippen molar-refractivity contribution in [3.63, 3.8) is 0 Å². The lowest BCUT2D eigenvalue weighted by Gasteiger charge is -2.22. The van der Waals surface area contributed by atoms with E-state index in [9.17, 15) is 9.90 Å². The Balaban J connectivity index is 2.09. The highest BCUT2D eigenvalue weighted by molar-refractivity contribution is 5.94. The molecule has 2 N–H and O–H groups in total. The molecule has 0 saturated carbocycles. The predicted octanol–water partition coefficient (Wildman–Crippen LogP) is 2.06. The largest absolute Gasteiger partial charge is 0.394 e. The topological polar surface area (TPSA) is 92.9 Å². The van der Waals surface area contributed by atoms with Crippen molar-refractivity contribution in [1.29, 1.82) is 0 Å². The average Bonchev–Trinajstić information content (AvgIpc) is 3.09. The second kappa shape index (κ2) is 8.01. The summed E-state index contributed by atoms with van der Waals surface area (Å²) in [6.45, 7) is 7.93. The van der Waals surface area contributed by atoms with Gasteiger partial charge in [0.05, 0.1) is 18.7 Å². The molecule has 7 heteroatoms. The van der Waals surface area contributed by atoms with Crippen LogP contribution in [0.1, 0.15) is 50.5 Å². The summed E-state index contributed by atoms with van der Waals surface area (Å²) in [6.07, 6.45) is 0.890. The smallest absolute Gasteiger partial charge is 0.251 e. The molecular formula is C17H25N5O2. The van der Waals surface area contributed by atoms with Crippen molar-refractivity contribution in [1.82, 2.24) is 25.5 Å². The lowest BCUT2D eigenvalue weighted by Crippen LogP contribution is -2.41. The van der Waals surface area contributed by atoms with E-state index in [1.807, 2.05) is 27.7 Å². The van der Waals surface area contributed by atoms with E-state index in [-0.39, 0.29) is 30.5 Å². The van der Waals surface area contributed by atoms with Gasteiger partial charge in [0.25, 0.3) is 5.91 Å². The van der Waals surface area contributed by atoms with Crippen LogP contribution in [-0.4, -0.2) is 43.9 Å². The summed E-state index contributed by atoms with van der Waals surface area (Å²) in [5.74, 6) is 0.552. The molecule has 1 heterocycles. The minimum atomic E-state index is -0.241.